The van der Waals surface area contributed by atoms with Crippen molar-refractivity contribution in [2.45, 2.75) is 57.9 Å². The molecule has 2 aliphatic rings. The zero-order valence-corrected chi connectivity index (χ0v) is 13.4. The molecule has 0 spiro atoms. The van der Waals surface area contributed by atoms with Crippen LogP contribution in [0.25, 0.3) is 0 Å². The zero-order valence-electron chi connectivity index (χ0n) is 13.4. The Morgan fingerprint density at radius 2 is 1.81 bits per heavy atom. The molecule has 1 aromatic rings. The highest BCUT2D eigenvalue weighted by Crippen LogP contribution is 2.42. The van der Waals surface area contributed by atoms with Gasteiger partial charge in [0.25, 0.3) is 0 Å². The lowest BCUT2D eigenvalue weighted by Crippen LogP contribution is -2.48. The third-order valence-corrected chi connectivity index (χ3v) is 5.18. The summed E-state index contributed by atoms with van der Waals surface area (Å²) in [5.74, 6) is 0.885. The summed E-state index contributed by atoms with van der Waals surface area (Å²) in [4.78, 5) is 2.64. The molecule has 0 atom stereocenters. The molecule has 112 valence electrons. The molecule has 2 aliphatic carbocycles. The van der Waals surface area contributed by atoms with Crippen molar-refractivity contribution in [1.82, 2.24) is 0 Å². The second kappa shape index (κ2) is 6.09. The van der Waals surface area contributed by atoms with Gasteiger partial charge in [-0.3, -0.25) is 0 Å². The van der Waals surface area contributed by atoms with E-state index in [2.05, 4.69) is 67.3 Å². The highest BCUT2D eigenvalue weighted by Gasteiger charge is 2.37. The van der Waals surface area contributed by atoms with E-state index in [1.165, 1.54) is 43.5 Å². The van der Waals surface area contributed by atoms with Crippen molar-refractivity contribution in [2.24, 2.45) is 5.92 Å². The van der Waals surface area contributed by atoms with Crippen LogP contribution in [0.2, 0.25) is 0 Å². The van der Waals surface area contributed by atoms with Crippen LogP contribution in [0.1, 0.15) is 52.4 Å². The fraction of sp³-hybridized carbons (Fsp3) is 0.500. The van der Waals surface area contributed by atoms with Gasteiger partial charge in [0, 0.05) is 16.9 Å². The Labute approximate surface area is 129 Å². The Kier molecular flexibility index (Phi) is 4.19. The van der Waals surface area contributed by atoms with Gasteiger partial charge in [-0.2, -0.15) is 0 Å². The van der Waals surface area contributed by atoms with Crippen LogP contribution in [0, 0.1) is 5.92 Å². The molecule has 0 radical (unpaired) electrons. The number of benzene rings is 1. The Hall–Kier alpha value is -1.50. The average molecular weight is 281 g/mol. The summed E-state index contributed by atoms with van der Waals surface area (Å²) < 4.78 is 0. The molecule has 0 aliphatic heterocycles. The molecule has 1 fully saturated rings. The van der Waals surface area contributed by atoms with Crippen LogP contribution >= 0.6 is 0 Å². The van der Waals surface area contributed by atoms with Gasteiger partial charge in [0.2, 0.25) is 0 Å². The van der Waals surface area contributed by atoms with E-state index < -0.39 is 0 Å². The van der Waals surface area contributed by atoms with Crippen LogP contribution in [0.4, 0.5) is 5.69 Å². The minimum Gasteiger partial charge on any atom is -0.339 e. The third kappa shape index (κ3) is 3.07. The summed E-state index contributed by atoms with van der Waals surface area (Å²) in [6, 6.07) is 11.0. The van der Waals surface area contributed by atoms with Gasteiger partial charge in [0.15, 0.2) is 0 Å². The number of allylic oxidation sites excluding steroid dienone is 4. The highest BCUT2D eigenvalue weighted by molar-refractivity contribution is 5.56. The van der Waals surface area contributed by atoms with Gasteiger partial charge in [-0.15, -0.1) is 0 Å². The molecule has 0 bridgehead atoms. The van der Waals surface area contributed by atoms with Gasteiger partial charge < -0.3 is 4.90 Å². The first-order valence-corrected chi connectivity index (χ1v) is 8.40. The number of anilines is 1. The summed E-state index contributed by atoms with van der Waals surface area (Å²) in [7, 11) is 0. The molecule has 1 saturated carbocycles. The first kappa shape index (κ1) is 14.4. The standard InChI is InChI=1S/C20H27N/c1-17-13-15-20(2,16-14-17)21(18-9-5-3-6-10-18)19-11-7-4-8-12-19/h3-7,9-11,17H,8,12-16H2,1-2H3. The number of hydrogen-bond donors (Lipinski definition) is 0. The summed E-state index contributed by atoms with van der Waals surface area (Å²) in [5, 5.41) is 0. The van der Waals surface area contributed by atoms with Crippen LogP contribution in [0.3, 0.4) is 0 Å². The van der Waals surface area contributed by atoms with E-state index >= 15 is 0 Å². The molecule has 0 N–H and O–H groups in total. The van der Waals surface area contributed by atoms with Crippen LogP contribution in [-0.2, 0) is 0 Å². The average Bonchev–Trinajstić information content (AvgIpc) is 2.53. The van der Waals surface area contributed by atoms with E-state index in [1.807, 2.05) is 0 Å². The summed E-state index contributed by atoms with van der Waals surface area (Å²) >= 11 is 0. The van der Waals surface area contributed by atoms with E-state index in [0.717, 1.165) is 12.3 Å². The molecular weight excluding hydrogens is 254 g/mol. The van der Waals surface area contributed by atoms with Crippen molar-refractivity contribution in [1.29, 1.82) is 0 Å². The molecule has 0 heterocycles. The van der Waals surface area contributed by atoms with Crippen molar-refractivity contribution in [3.05, 3.63) is 54.3 Å². The molecular formula is C20H27N. The predicted molar refractivity (Wildman–Crippen MR) is 91.4 cm³/mol. The van der Waals surface area contributed by atoms with Gasteiger partial charge in [-0.05, 0) is 69.6 Å². The van der Waals surface area contributed by atoms with E-state index in [1.54, 1.807) is 0 Å². The SMILES string of the molecule is CC1CCC(C)(N(C2=CC=CCC2)c2ccccc2)CC1. The van der Waals surface area contributed by atoms with Gasteiger partial charge >= 0.3 is 0 Å². The first-order valence-electron chi connectivity index (χ1n) is 8.40. The summed E-state index contributed by atoms with van der Waals surface area (Å²) in [6.07, 6.45) is 14.4. The van der Waals surface area contributed by atoms with Crippen molar-refractivity contribution >= 4 is 5.69 Å². The van der Waals surface area contributed by atoms with Crippen LogP contribution in [0.15, 0.2) is 54.3 Å². The smallest absolute Gasteiger partial charge is 0.0420 e. The fourth-order valence-electron chi connectivity index (χ4n) is 3.79. The maximum absolute atomic E-state index is 2.64. The van der Waals surface area contributed by atoms with Gasteiger partial charge in [-0.1, -0.05) is 37.3 Å². The largest absolute Gasteiger partial charge is 0.339 e. The Morgan fingerprint density at radius 3 is 2.43 bits per heavy atom. The minimum absolute atomic E-state index is 0.269. The van der Waals surface area contributed by atoms with Crippen molar-refractivity contribution in [2.75, 3.05) is 4.90 Å². The maximum Gasteiger partial charge on any atom is 0.0420 e. The van der Waals surface area contributed by atoms with E-state index in [9.17, 15) is 0 Å². The van der Waals surface area contributed by atoms with Crippen LogP contribution in [-0.4, -0.2) is 5.54 Å². The number of para-hydroxylation sites is 1. The lowest BCUT2D eigenvalue weighted by Gasteiger charge is -2.48. The minimum atomic E-state index is 0.269. The Balaban J connectivity index is 1.96. The number of rotatable bonds is 3. The Morgan fingerprint density at radius 1 is 1.10 bits per heavy atom. The number of hydrogen-bond acceptors (Lipinski definition) is 1. The second-order valence-electron chi connectivity index (χ2n) is 6.98. The van der Waals surface area contributed by atoms with Gasteiger partial charge in [-0.25, -0.2) is 0 Å². The molecule has 0 saturated heterocycles. The normalized spacial score (nSPS) is 29.0. The summed E-state index contributed by atoms with van der Waals surface area (Å²) in [6.45, 7) is 4.86. The molecule has 1 aromatic carbocycles. The monoisotopic (exact) mass is 281 g/mol. The predicted octanol–water partition coefficient (Wildman–Crippen LogP) is 5.70. The lowest BCUT2D eigenvalue weighted by molar-refractivity contribution is 0.255. The van der Waals surface area contributed by atoms with Crippen LogP contribution in [0.5, 0.6) is 0 Å². The molecule has 1 heteroatoms. The topological polar surface area (TPSA) is 3.24 Å². The fourth-order valence-corrected chi connectivity index (χ4v) is 3.79. The van der Waals surface area contributed by atoms with Gasteiger partial charge in [0.1, 0.15) is 0 Å². The zero-order chi connectivity index (χ0) is 14.7. The van der Waals surface area contributed by atoms with Crippen molar-refractivity contribution < 1.29 is 0 Å². The molecule has 0 amide bonds. The Bertz CT molecular complexity index is 518. The molecule has 3 rings (SSSR count). The summed E-state index contributed by atoms with van der Waals surface area (Å²) in [5.41, 5.74) is 3.11. The van der Waals surface area contributed by atoms with Gasteiger partial charge in [0.05, 0.1) is 0 Å². The third-order valence-electron chi connectivity index (χ3n) is 5.18. The van der Waals surface area contributed by atoms with E-state index in [-0.39, 0.29) is 5.54 Å². The molecule has 0 unspecified atom stereocenters. The van der Waals surface area contributed by atoms with Crippen molar-refractivity contribution in [3.8, 4) is 0 Å². The molecule has 21 heavy (non-hydrogen) atoms. The first-order chi connectivity index (χ1) is 10.2. The molecule has 1 nitrogen and oxygen atoms in total. The quantitative estimate of drug-likeness (QED) is 0.687. The van der Waals surface area contributed by atoms with E-state index in [0.29, 0.717) is 0 Å². The molecule has 0 aromatic heterocycles. The second-order valence-corrected chi connectivity index (χ2v) is 6.98. The van der Waals surface area contributed by atoms with Crippen LogP contribution < -0.4 is 4.90 Å². The van der Waals surface area contributed by atoms with Crippen molar-refractivity contribution in [3.63, 3.8) is 0 Å². The highest BCUT2D eigenvalue weighted by atomic mass is 15.2. The number of nitrogens with zero attached hydrogens (tertiary/aromatic N) is 1. The lowest BCUT2D eigenvalue weighted by atomic mass is 9.76. The maximum atomic E-state index is 2.64. The van der Waals surface area contributed by atoms with E-state index in [4.69, 9.17) is 0 Å².